The van der Waals surface area contributed by atoms with Crippen LogP contribution in [0.2, 0.25) is 0 Å². The van der Waals surface area contributed by atoms with Crippen molar-refractivity contribution < 1.29 is 27.8 Å². The Bertz CT molecular complexity index is 1420. The van der Waals surface area contributed by atoms with E-state index in [0.29, 0.717) is 22.8 Å². The Labute approximate surface area is 217 Å². The number of aliphatic hydroxyl groups is 1. The van der Waals surface area contributed by atoms with E-state index in [4.69, 9.17) is 14.6 Å². The van der Waals surface area contributed by atoms with Gasteiger partial charge in [0.25, 0.3) is 5.56 Å². The number of nitrogens with zero attached hydrogens (tertiary/aromatic N) is 3. The number of alkyl halides is 3. The molecule has 0 aliphatic carbocycles. The van der Waals surface area contributed by atoms with Gasteiger partial charge < -0.3 is 14.6 Å². The molecule has 1 N–H and O–H groups in total. The number of pyridine rings is 2. The SMILES string of the molecule is C=Nc1ccc(-c2ccc(OC)nc2)cc1-c1cccc(=O)n1C(/C=C\C(=C\C(F)(F)F)OCCO)=C/C. The Hall–Kier alpha value is -4.44. The zero-order valence-corrected chi connectivity index (χ0v) is 20.8. The maximum absolute atomic E-state index is 13.0. The summed E-state index contributed by atoms with van der Waals surface area (Å²) in [5, 5.41) is 8.96. The van der Waals surface area contributed by atoms with Crippen molar-refractivity contribution in [3.63, 3.8) is 0 Å². The fourth-order valence-corrected chi connectivity index (χ4v) is 3.63. The molecular formula is C28H26F3N3O4. The van der Waals surface area contributed by atoms with Crippen LogP contribution in [0.1, 0.15) is 6.92 Å². The predicted molar refractivity (Wildman–Crippen MR) is 141 cm³/mol. The lowest BCUT2D eigenvalue weighted by molar-refractivity contribution is -0.0826. The number of rotatable bonds is 10. The van der Waals surface area contributed by atoms with Gasteiger partial charge in [0.15, 0.2) is 0 Å². The monoisotopic (exact) mass is 525 g/mol. The van der Waals surface area contributed by atoms with Gasteiger partial charge in [-0.1, -0.05) is 18.2 Å². The minimum absolute atomic E-state index is 0.0206. The Morgan fingerprint density at radius 3 is 2.53 bits per heavy atom. The van der Waals surface area contributed by atoms with E-state index in [1.54, 1.807) is 43.5 Å². The maximum atomic E-state index is 13.0. The van der Waals surface area contributed by atoms with Gasteiger partial charge in [-0.25, -0.2) is 4.98 Å². The smallest absolute Gasteiger partial charge is 0.413 e. The van der Waals surface area contributed by atoms with E-state index >= 15 is 0 Å². The summed E-state index contributed by atoms with van der Waals surface area (Å²) in [6, 6.07) is 13.6. The molecule has 3 rings (SSSR count). The zero-order valence-electron chi connectivity index (χ0n) is 20.8. The van der Waals surface area contributed by atoms with E-state index in [2.05, 4.69) is 16.7 Å². The van der Waals surface area contributed by atoms with Crippen molar-refractivity contribution >= 4 is 18.1 Å². The van der Waals surface area contributed by atoms with E-state index in [9.17, 15) is 18.0 Å². The first kappa shape index (κ1) is 28.1. The summed E-state index contributed by atoms with van der Waals surface area (Å²) in [5.74, 6) is -0.0550. The molecule has 0 saturated carbocycles. The Morgan fingerprint density at radius 2 is 1.92 bits per heavy atom. The number of halogens is 3. The average molecular weight is 526 g/mol. The molecule has 0 fully saturated rings. The molecular weight excluding hydrogens is 499 g/mol. The van der Waals surface area contributed by atoms with Crippen molar-refractivity contribution in [2.45, 2.75) is 13.1 Å². The predicted octanol–water partition coefficient (Wildman–Crippen LogP) is 5.79. The quantitative estimate of drug-likeness (QED) is 0.206. The molecule has 38 heavy (non-hydrogen) atoms. The van der Waals surface area contributed by atoms with Gasteiger partial charge in [0.05, 0.1) is 31.2 Å². The fourth-order valence-electron chi connectivity index (χ4n) is 3.63. The molecule has 0 amide bonds. The highest BCUT2D eigenvalue weighted by atomic mass is 19.4. The van der Waals surface area contributed by atoms with Gasteiger partial charge in [-0.3, -0.25) is 14.4 Å². The molecule has 198 valence electrons. The van der Waals surface area contributed by atoms with Crippen LogP contribution < -0.4 is 10.3 Å². The van der Waals surface area contributed by atoms with Crippen LogP contribution in [0.4, 0.5) is 18.9 Å². The second-order valence-corrected chi connectivity index (χ2v) is 7.77. The van der Waals surface area contributed by atoms with Gasteiger partial charge in [-0.15, -0.1) is 0 Å². The van der Waals surface area contributed by atoms with Crippen molar-refractivity contribution in [1.29, 1.82) is 0 Å². The summed E-state index contributed by atoms with van der Waals surface area (Å²) in [5.41, 5.74) is 2.97. The molecule has 1 aromatic carbocycles. The van der Waals surface area contributed by atoms with Gasteiger partial charge in [-0.2, -0.15) is 13.2 Å². The molecule has 0 aliphatic heterocycles. The average Bonchev–Trinajstić information content (AvgIpc) is 2.91. The van der Waals surface area contributed by atoms with Gasteiger partial charge in [-0.05, 0) is 55.6 Å². The molecule has 3 aromatic rings. The molecule has 0 spiro atoms. The van der Waals surface area contributed by atoms with Crippen LogP contribution in [0.15, 0.2) is 94.6 Å². The summed E-state index contributed by atoms with van der Waals surface area (Å²) >= 11 is 0. The van der Waals surface area contributed by atoms with Crippen LogP contribution in [0.3, 0.4) is 0 Å². The second-order valence-electron chi connectivity index (χ2n) is 7.77. The molecule has 7 nitrogen and oxygen atoms in total. The normalized spacial score (nSPS) is 12.6. The van der Waals surface area contributed by atoms with Crippen LogP contribution in [-0.2, 0) is 4.74 Å². The van der Waals surface area contributed by atoms with Crippen molar-refractivity contribution in [3.05, 3.63) is 95.1 Å². The van der Waals surface area contributed by atoms with Crippen LogP contribution in [0, 0.1) is 0 Å². The van der Waals surface area contributed by atoms with Gasteiger partial charge in [0.1, 0.15) is 12.4 Å². The van der Waals surface area contributed by atoms with Crippen molar-refractivity contribution in [3.8, 4) is 28.3 Å². The summed E-state index contributed by atoms with van der Waals surface area (Å²) in [6.45, 7) is 4.50. The van der Waals surface area contributed by atoms with Crippen molar-refractivity contribution in [2.75, 3.05) is 20.3 Å². The number of aliphatic hydroxyl groups excluding tert-OH is 1. The molecule has 0 aliphatic rings. The van der Waals surface area contributed by atoms with E-state index in [1.807, 2.05) is 18.2 Å². The highest BCUT2D eigenvalue weighted by Crippen LogP contribution is 2.35. The molecule has 0 bridgehead atoms. The summed E-state index contributed by atoms with van der Waals surface area (Å²) in [4.78, 5) is 21.4. The second kappa shape index (κ2) is 12.7. The number of hydrogen-bond acceptors (Lipinski definition) is 6. The van der Waals surface area contributed by atoms with Crippen LogP contribution in [0.25, 0.3) is 28.1 Å². The Balaban J connectivity index is 2.14. The highest BCUT2D eigenvalue weighted by molar-refractivity contribution is 5.83. The molecule has 0 unspecified atom stereocenters. The minimum Gasteiger partial charge on any atom is -0.491 e. The standard InChI is InChI=1S/C28H26F3N3O4/c1-4-21(10-11-22(38-15-14-35)17-28(29,30)31)34-25(6-5-7-27(34)36)23-16-19(8-12-24(23)32-2)20-9-13-26(37-3)33-18-20/h4-13,16-18,35H,2,14-15H2,1,3H3/b11-10-,21-4+,22-17-. The number of methoxy groups -OCH3 is 1. The first-order valence-corrected chi connectivity index (χ1v) is 11.4. The third kappa shape index (κ3) is 7.07. The fraction of sp³-hybridized carbons (Fsp3) is 0.179. The van der Waals surface area contributed by atoms with Crippen molar-refractivity contribution in [2.24, 2.45) is 4.99 Å². The first-order valence-electron chi connectivity index (χ1n) is 11.4. The molecule has 0 atom stereocenters. The Kier molecular flexibility index (Phi) is 9.39. The molecule has 0 saturated heterocycles. The summed E-state index contributed by atoms with van der Waals surface area (Å²) in [7, 11) is 1.52. The number of benzene rings is 1. The van der Waals surface area contributed by atoms with Gasteiger partial charge >= 0.3 is 6.18 Å². The van der Waals surface area contributed by atoms with E-state index in [0.717, 1.165) is 17.2 Å². The largest absolute Gasteiger partial charge is 0.491 e. The van der Waals surface area contributed by atoms with E-state index in [1.165, 1.54) is 23.8 Å². The third-order valence-corrected chi connectivity index (χ3v) is 5.31. The number of allylic oxidation sites excluding steroid dienone is 5. The number of hydrogen-bond donors (Lipinski definition) is 1. The maximum Gasteiger partial charge on any atom is 0.413 e. The number of aromatic nitrogens is 2. The third-order valence-electron chi connectivity index (χ3n) is 5.31. The topological polar surface area (TPSA) is 85.9 Å². The summed E-state index contributed by atoms with van der Waals surface area (Å²) in [6.07, 6.45) is 0.995. The highest BCUT2D eigenvalue weighted by Gasteiger charge is 2.25. The first-order chi connectivity index (χ1) is 18.2. The van der Waals surface area contributed by atoms with Crippen LogP contribution in [0.5, 0.6) is 5.88 Å². The lowest BCUT2D eigenvalue weighted by atomic mass is 10.0. The van der Waals surface area contributed by atoms with Gasteiger partial charge in [0, 0.05) is 35.2 Å². The van der Waals surface area contributed by atoms with Crippen LogP contribution in [-0.4, -0.2) is 47.9 Å². The van der Waals surface area contributed by atoms with Gasteiger partial charge in [0.2, 0.25) is 5.88 Å². The molecule has 10 heteroatoms. The Morgan fingerprint density at radius 1 is 1.16 bits per heavy atom. The van der Waals surface area contributed by atoms with Crippen LogP contribution >= 0.6 is 0 Å². The zero-order chi connectivity index (χ0) is 27.7. The number of aliphatic imine (C=N–C) groups is 1. The number of ether oxygens (including phenoxy) is 2. The minimum atomic E-state index is -4.64. The van der Waals surface area contributed by atoms with Crippen molar-refractivity contribution in [1.82, 2.24) is 9.55 Å². The van der Waals surface area contributed by atoms with E-state index < -0.39 is 24.1 Å². The summed E-state index contributed by atoms with van der Waals surface area (Å²) < 4.78 is 50.4. The molecule has 0 radical (unpaired) electrons. The van der Waals surface area contributed by atoms with E-state index in [-0.39, 0.29) is 18.4 Å². The molecule has 2 aromatic heterocycles. The lowest BCUT2D eigenvalue weighted by Crippen LogP contribution is -2.19. The lowest BCUT2D eigenvalue weighted by Gasteiger charge is -2.16. The molecule has 2 heterocycles.